The second-order valence-corrected chi connectivity index (χ2v) is 5.13. The largest absolute Gasteiger partial charge is 0.338 e. The van der Waals surface area contributed by atoms with Crippen LogP contribution in [0, 0.1) is 24.7 Å². The van der Waals surface area contributed by atoms with Crippen molar-refractivity contribution in [2.45, 2.75) is 20.3 Å². The Kier molecular flexibility index (Phi) is 4.24. The first-order chi connectivity index (χ1) is 9.13. The van der Waals surface area contributed by atoms with Gasteiger partial charge in [0.1, 0.15) is 0 Å². The van der Waals surface area contributed by atoms with Crippen LogP contribution in [0.25, 0.3) is 0 Å². The predicted molar refractivity (Wildman–Crippen MR) is 76.8 cm³/mol. The number of nitrogens with two attached hydrogens (primary N) is 1. The van der Waals surface area contributed by atoms with Gasteiger partial charge in [-0.2, -0.15) is 0 Å². The Hall–Kier alpha value is -1.79. The summed E-state index contributed by atoms with van der Waals surface area (Å²) in [6.45, 7) is 6.19. The smallest absolute Gasteiger partial charge is 0.254 e. The van der Waals surface area contributed by atoms with Crippen LogP contribution >= 0.6 is 0 Å². The number of nitrogens with zero attached hydrogens (tertiary/aromatic N) is 1. The van der Waals surface area contributed by atoms with Gasteiger partial charge in [-0.15, -0.1) is 0 Å². The molecule has 2 N–H and O–H groups in total. The molecule has 3 nitrogen and oxygen atoms in total. The second-order valence-electron chi connectivity index (χ2n) is 5.13. The normalized spacial score (nSPS) is 18.1. The van der Waals surface area contributed by atoms with Gasteiger partial charge in [-0.1, -0.05) is 24.8 Å². The van der Waals surface area contributed by atoms with E-state index in [1.165, 1.54) is 0 Å². The van der Waals surface area contributed by atoms with Crippen LogP contribution in [0.5, 0.6) is 0 Å². The predicted octanol–water partition coefficient (Wildman–Crippen LogP) is 1.79. The molecule has 2 rings (SSSR count). The first-order valence-electron chi connectivity index (χ1n) is 6.71. The Morgan fingerprint density at radius 1 is 1.53 bits per heavy atom. The molecule has 1 heterocycles. The van der Waals surface area contributed by atoms with Crippen LogP contribution in [0.2, 0.25) is 0 Å². The Morgan fingerprint density at radius 2 is 2.32 bits per heavy atom. The van der Waals surface area contributed by atoms with Gasteiger partial charge in [-0.25, -0.2) is 0 Å². The van der Waals surface area contributed by atoms with E-state index < -0.39 is 0 Å². The Labute approximate surface area is 114 Å². The molecule has 1 aromatic rings. The van der Waals surface area contributed by atoms with E-state index in [0.717, 1.165) is 36.2 Å². The zero-order chi connectivity index (χ0) is 13.8. The van der Waals surface area contributed by atoms with Crippen molar-refractivity contribution in [3.8, 4) is 11.8 Å². The number of rotatable bonds is 1. The highest BCUT2D eigenvalue weighted by Crippen LogP contribution is 2.20. The third-order valence-corrected chi connectivity index (χ3v) is 3.60. The van der Waals surface area contributed by atoms with Crippen LogP contribution in [0.4, 0.5) is 0 Å². The highest BCUT2D eigenvalue weighted by Gasteiger charge is 2.25. The lowest BCUT2D eigenvalue weighted by Crippen LogP contribution is -2.29. The van der Waals surface area contributed by atoms with Gasteiger partial charge in [-0.3, -0.25) is 4.79 Å². The summed E-state index contributed by atoms with van der Waals surface area (Å²) < 4.78 is 0. The van der Waals surface area contributed by atoms with Gasteiger partial charge in [0.15, 0.2) is 0 Å². The van der Waals surface area contributed by atoms with Gasteiger partial charge < -0.3 is 10.6 Å². The molecule has 1 unspecified atom stereocenters. The molecule has 0 aliphatic carbocycles. The SMILES string of the molecule is Cc1c(C#CCN)cccc1C(=O)N1CCC(C)C1. The van der Waals surface area contributed by atoms with Crippen LogP contribution in [-0.2, 0) is 0 Å². The van der Waals surface area contributed by atoms with E-state index in [1.54, 1.807) is 0 Å². The molecule has 1 fully saturated rings. The van der Waals surface area contributed by atoms with Crippen molar-refractivity contribution in [3.05, 3.63) is 34.9 Å². The summed E-state index contributed by atoms with van der Waals surface area (Å²) >= 11 is 0. The van der Waals surface area contributed by atoms with E-state index in [9.17, 15) is 4.79 Å². The average molecular weight is 256 g/mol. The molecule has 1 amide bonds. The first kappa shape index (κ1) is 13.6. The van der Waals surface area contributed by atoms with Crippen molar-refractivity contribution in [3.63, 3.8) is 0 Å². The third-order valence-electron chi connectivity index (χ3n) is 3.60. The van der Waals surface area contributed by atoms with Gasteiger partial charge >= 0.3 is 0 Å². The van der Waals surface area contributed by atoms with Crippen molar-refractivity contribution in [2.24, 2.45) is 11.7 Å². The second kappa shape index (κ2) is 5.90. The quantitative estimate of drug-likeness (QED) is 0.779. The molecule has 19 heavy (non-hydrogen) atoms. The van der Waals surface area contributed by atoms with Crippen molar-refractivity contribution < 1.29 is 4.79 Å². The number of likely N-dealkylation sites (tertiary alicyclic amines) is 1. The highest BCUT2D eigenvalue weighted by atomic mass is 16.2. The molecular formula is C16H20N2O. The molecule has 1 saturated heterocycles. The number of carbonyl (C=O) groups excluding carboxylic acids is 1. The fourth-order valence-corrected chi connectivity index (χ4v) is 2.44. The fourth-order valence-electron chi connectivity index (χ4n) is 2.44. The maximum Gasteiger partial charge on any atom is 0.254 e. The molecule has 1 aromatic carbocycles. The summed E-state index contributed by atoms with van der Waals surface area (Å²) in [5.41, 5.74) is 8.00. The topological polar surface area (TPSA) is 46.3 Å². The zero-order valence-corrected chi connectivity index (χ0v) is 11.6. The van der Waals surface area contributed by atoms with Crippen LogP contribution < -0.4 is 5.73 Å². The molecule has 0 aromatic heterocycles. The van der Waals surface area contributed by atoms with Gasteiger partial charge in [0, 0.05) is 24.2 Å². The van der Waals surface area contributed by atoms with Gasteiger partial charge in [-0.05, 0) is 37.0 Å². The molecule has 0 spiro atoms. The molecule has 3 heteroatoms. The summed E-state index contributed by atoms with van der Waals surface area (Å²) in [6, 6.07) is 5.70. The standard InChI is InChI=1S/C16H20N2O/c1-12-8-10-18(11-12)16(19)15-7-3-5-14(13(15)2)6-4-9-17/h3,5,7,12H,8-11,17H2,1-2H3. The van der Waals surface area contributed by atoms with E-state index in [0.29, 0.717) is 12.5 Å². The van der Waals surface area contributed by atoms with E-state index >= 15 is 0 Å². The number of amides is 1. The zero-order valence-electron chi connectivity index (χ0n) is 11.6. The molecule has 0 radical (unpaired) electrons. The summed E-state index contributed by atoms with van der Waals surface area (Å²) in [4.78, 5) is 14.4. The van der Waals surface area contributed by atoms with Crippen LogP contribution in [0.1, 0.15) is 34.8 Å². The van der Waals surface area contributed by atoms with E-state index in [-0.39, 0.29) is 5.91 Å². The summed E-state index contributed by atoms with van der Waals surface area (Å²) in [5.74, 6) is 6.59. The molecule has 0 bridgehead atoms. The average Bonchev–Trinajstić information content (AvgIpc) is 2.83. The van der Waals surface area contributed by atoms with Crippen LogP contribution in [0.3, 0.4) is 0 Å². The third kappa shape index (κ3) is 2.97. The van der Waals surface area contributed by atoms with Crippen molar-refractivity contribution in [1.29, 1.82) is 0 Å². The summed E-state index contributed by atoms with van der Waals surface area (Å²) in [6.07, 6.45) is 1.09. The molecule has 100 valence electrons. The first-order valence-corrected chi connectivity index (χ1v) is 6.71. The molecule has 0 saturated carbocycles. The molecule has 1 atom stereocenters. The van der Waals surface area contributed by atoms with Crippen LogP contribution in [0.15, 0.2) is 18.2 Å². The maximum atomic E-state index is 12.5. The highest BCUT2D eigenvalue weighted by molar-refractivity contribution is 5.96. The number of carbonyl (C=O) groups is 1. The van der Waals surface area contributed by atoms with Crippen molar-refractivity contribution in [1.82, 2.24) is 4.90 Å². The minimum Gasteiger partial charge on any atom is -0.338 e. The Balaban J connectivity index is 2.27. The van der Waals surface area contributed by atoms with Crippen molar-refractivity contribution >= 4 is 5.91 Å². The minimum atomic E-state index is 0.123. The number of hydrogen-bond acceptors (Lipinski definition) is 2. The number of benzene rings is 1. The van der Waals surface area contributed by atoms with Crippen molar-refractivity contribution in [2.75, 3.05) is 19.6 Å². The lowest BCUT2D eigenvalue weighted by molar-refractivity contribution is 0.0787. The van der Waals surface area contributed by atoms with Crippen LogP contribution in [-0.4, -0.2) is 30.4 Å². The summed E-state index contributed by atoms with van der Waals surface area (Å²) in [7, 11) is 0. The fraction of sp³-hybridized carbons (Fsp3) is 0.438. The van der Waals surface area contributed by atoms with E-state index in [2.05, 4.69) is 18.8 Å². The monoisotopic (exact) mass is 256 g/mol. The van der Waals surface area contributed by atoms with Gasteiger partial charge in [0.25, 0.3) is 5.91 Å². The lowest BCUT2D eigenvalue weighted by Gasteiger charge is -2.17. The number of hydrogen-bond donors (Lipinski definition) is 1. The van der Waals surface area contributed by atoms with E-state index in [1.807, 2.05) is 30.0 Å². The molecule has 1 aliphatic rings. The molecule has 1 aliphatic heterocycles. The lowest BCUT2D eigenvalue weighted by atomic mass is 10.0. The van der Waals surface area contributed by atoms with Gasteiger partial charge in [0.05, 0.1) is 6.54 Å². The minimum absolute atomic E-state index is 0.123. The Morgan fingerprint density at radius 3 is 2.95 bits per heavy atom. The molecular weight excluding hydrogens is 236 g/mol. The maximum absolute atomic E-state index is 12.5. The Bertz CT molecular complexity index is 539. The summed E-state index contributed by atoms with van der Waals surface area (Å²) in [5, 5.41) is 0. The van der Waals surface area contributed by atoms with Gasteiger partial charge in [0.2, 0.25) is 0 Å². The van der Waals surface area contributed by atoms with E-state index in [4.69, 9.17) is 5.73 Å².